The maximum Gasteiger partial charge on any atom is 0.144 e. The van der Waals surface area contributed by atoms with Crippen LogP contribution in [-0.4, -0.2) is 12.1 Å². The number of aromatic amines is 1. The van der Waals surface area contributed by atoms with E-state index in [1.165, 1.54) is 0 Å². The number of nitrogens with one attached hydrogen (secondary N) is 1. The van der Waals surface area contributed by atoms with Crippen LogP contribution in [0.25, 0.3) is 10.9 Å². The van der Waals surface area contributed by atoms with Crippen LogP contribution in [0.2, 0.25) is 10.0 Å². The highest BCUT2D eigenvalue weighted by molar-refractivity contribution is 6.37. The Labute approximate surface area is 85.4 Å². The predicted octanol–water partition coefficient (Wildman–Crippen LogP) is 3.48. The van der Waals surface area contributed by atoms with E-state index in [0.29, 0.717) is 15.8 Å². The molecule has 0 saturated carbocycles. The van der Waals surface area contributed by atoms with Crippen LogP contribution < -0.4 is 4.74 Å². The highest BCUT2D eigenvalue weighted by atomic mass is 35.5. The van der Waals surface area contributed by atoms with E-state index in [2.05, 4.69) is 4.98 Å². The average molecular weight is 216 g/mol. The second kappa shape index (κ2) is 3.13. The number of halogens is 2. The van der Waals surface area contributed by atoms with Gasteiger partial charge in [0.25, 0.3) is 0 Å². The van der Waals surface area contributed by atoms with Crippen LogP contribution in [-0.2, 0) is 0 Å². The van der Waals surface area contributed by atoms with Gasteiger partial charge < -0.3 is 9.72 Å². The van der Waals surface area contributed by atoms with Gasteiger partial charge in [0.05, 0.1) is 17.6 Å². The van der Waals surface area contributed by atoms with Crippen molar-refractivity contribution in [3.8, 4) is 5.75 Å². The molecule has 0 saturated heterocycles. The molecule has 13 heavy (non-hydrogen) atoms. The average Bonchev–Trinajstić information content (AvgIpc) is 2.47. The van der Waals surface area contributed by atoms with Gasteiger partial charge in [0.1, 0.15) is 5.75 Å². The summed E-state index contributed by atoms with van der Waals surface area (Å²) in [6, 6.07) is 3.55. The summed E-state index contributed by atoms with van der Waals surface area (Å²) in [5.41, 5.74) is 0.872. The van der Waals surface area contributed by atoms with Crippen LogP contribution in [0.1, 0.15) is 0 Å². The molecule has 0 aliphatic carbocycles. The number of hydrogen-bond acceptors (Lipinski definition) is 1. The number of fused-ring (bicyclic) bond motifs is 1. The molecular weight excluding hydrogens is 209 g/mol. The van der Waals surface area contributed by atoms with E-state index in [4.69, 9.17) is 27.9 Å². The number of benzene rings is 1. The van der Waals surface area contributed by atoms with Crippen molar-refractivity contribution in [1.82, 2.24) is 4.98 Å². The molecule has 0 aliphatic heterocycles. The molecule has 4 heteroatoms. The van der Waals surface area contributed by atoms with E-state index in [9.17, 15) is 0 Å². The van der Waals surface area contributed by atoms with Crippen LogP contribution in [0.15, 0.2) is 18.3 Å². The third-order valence-electron chi connectivity index (χ3n) is 1.89. The Bertz CT molecular complexity index is 450. The number of ether oxygens (including phenoxy) is 1. The van der Waals surface area contributed by atoms with Crippen molar-refractivity contribution in [2.45, 2.75) is 0 Å². The van der Waals surface area contributed by atoms with Crippen LogP contribution in [0.4, 0.5) is 0 Å². The smallest absolute Gasteiger partial charge is 0.144 e. The minimum atomic E-state index is 0.617. The number of methoxy groups -OCH3 is 1. The van der Waals surface area contributed by atoms with Gasteiger partial charge in [-0.15, -0.1) is 0 Å². The molecule has 0 radical (unpaired) electrons. The fourth-order valence-electron chi connectivity index (χ4n) is 1.29. The SMILES string of the molecule is COc1cc(Cl)cc2c(Cl)c[nH]c12. The van der Waals surface area contributed by atoms with Crippen LogP contribution >= 0.6 is 23.2 Å². The number of hydrogen-bond donors (Lipinski definition) is 1. The Balaban J connectivity index is 2.84. The van der Waals surface area contributed by atoms with Gasteiger partial charge in [-0.2, -0.15) is 0 Å². The van der Waals surface area contributed by atoms with E-state index < -0.39 is 0 Å². The minimum absolute atomic E-state index is 0.617. The summed E-state index contributed by atoms with van der Waals surface area (Å²) >= 11 is 11.8. The number of rotatable bonds is 1. The molecule has 0 fully saturated rings. The zero-order valence-electron chi connectivity index (χ0n) is 6.90. The summed E-state index contributed by atoms with van der Waals surface area (Å²) in [7, 11) is 1.60. The predicted molar refractivity (Wildman–Crippen MR) is 54.9 cm³/mol. The first-order chi connectivity index (χ1) is 6.22. The zero-order chi connectivity index (χ0) is 9.42. The van der Waals surface area contributed by atoms with Crippen molar-refractivity contribution < 1.29 is 4.74 Å². The van der Waals surface area contributed by atoms with Crippen LogP contribution in [0.3, 0.4) is 0 Å². The Morgan fingerprint density at radius 2 is 2.08 bits per heavy atom. The van der Waals surface area contributed by atoms with E-state index >= 15 is 0 Å². The van der Waals surface area contributed by atoms with E-state index in [-0.39, 0.29) is 0 Å². The molecule has 0 unspecified atom stereocenters. The Morgan fingerprint density at radius 3 is 2.77 bits per heavy atom. The lowest BCUT2D eigenvalue weighted by Crippen LogP contribution is -1.83. The third-order valence-corrected chi connectivity index (χ3v) is 2.42. The maximum atomic E-state index is 5.93. The van der Waals surface area contributed by atoms with Gasteiger partial charge in [-0.1, -0.05) is 23.2 Å². The summed E-state index contributed by atoms with van der Waals surface area (Å²) < 4.78 is 5.15. The Hall–Kier alpha value is -0.860. The Morgan fingerprint density at radius 1 is 1.31 bits per heavy atom. The third kappa shape index (κ3) is 1.36. The number of H-pyrrole nitrogens is 1. The molecule has 2 aromatic rings. The minimum Gasteiger partial charge on any atom is -0.495 e. The van der Waals surface area contributed by atoms with Gasteiger partial charge in [-0.25, -0.2) is 0 Å². The number of aromatic nitrogens is 1. The largest absolute Gasteiger partial charge is 0.495 e. The first-order valence-corrected chi connectivity index (χ1v) is 4.48. The van der Waals surface area contributed by atoms with Crippen molar-refractivity contribution in [1.29, 1.82) is 0 Å². The summed E-state index contributed by atoms with van der Waals surface area (Å²) in [4.78, 5) is 3.02. The van der Waals surface area contributed by atoms with E-state index in [0.717, 1.165) is 10.9 Å². The second-order valence-corrected chi connectivity index (χ2v) is 3.51. The van der Waals surface area contributed by atoms with Gasteiger partial charge in [0.15, 0.2) is 0 Å². The lowest BCUT2D eigenvalue weighted by Gasteiger charge is -2.01. The molecule has 1 N–H and O–H groups in total. The first kappa shape index (κ1) is 8.73. The Kier molecular flexibility index (Phi) is 2.10. The summed E-state index contributed by atoms with van der Waals surface area (Å²) in [6.45, 7) is 0. The van der Waals surface area contributed by atoms with Gasteiger partial charge in [0.2, 0.25) is 0 Å². The highest BCUT2D eigenvalue weighted by Crippen LogP contribution is 2.33. The molecule has 0 atom stereocenters. The van der Waals surface area contributed by atoms with Crippen molar-refractivity contribution in [3.63, 3.8) is 0 Å². The summed E-state index contributed by atoms with van der Waals surface area (Å²) in [6.07, 6.45) is 1.71. The normalized spacial score (nSPS) is 10.7. The monoisotopic (exact) mass is 215 g/mol. The fraction of sp³-hybridized carbons (Fsp3) is 0.111. The molecule has 1 aromatic carbocycles. The molecule has 68 valence electrons. The lowest BCUT2D eigenvalue weighted by molar-refractivity contribution is 0.419. The molecule has 0 amide bonds. The standard InChI is InChI=1S/C9H7Cl2NO/c1-13-8-3-5(10)2-6-7(11)4-12-9(6)8/h2-4,12H,1H3. The van der Waals surface area contributed by atoms with E-state index in [1.54, 1.807) is 25.4 Å². The second-order valence-electron chi connectivity index (χ2n) is 2.67. The molecule has 0 bridgehead atoms. The van der Waals surface area contributed by atoms with Crippen LogP contribution in [0, 0.1) is 0 Å². The topological polar surface area (TPSA) is 25.0 Å². The van der Waals surface area contributed by atoms with E-state index in [1.807, 2.05) is 0 Å². The van der Waals surface area contributed by atoms with Gasteiger partial charge >= 0.3 is 0 Å². The molecule has 0 aliphatic rings. The zero-order valence-corrected chi connectivity index (χ0v) is 8.41. The molecule has 2 nitrogen and oxygen atoms in total. The first-order valence-electron chi connectivity index (χ1n) is 3.72. The summed E-state index contributed by atoms with van der Waals surface area (Å²) in [5.74, 6) is 0.703. The van der Waals surface area contributed by atoms with Crippen LogP contribution in [0.5, 0.6) is 5.75 Å². The van der Waals surface area contributed by atoms with Crippen molar-refractivity contribution >= 4 is 34.1 Å². The van der Waals surface area contributed by atoms with Gasteiger partial charge in [-0.05, 0) is 6.07 Å². The molecular formula is C9H7Cl2NO. The summed E-state index contributed by atoms with van der Waals surface area (Å²) in [5, 5.41) is 2.15. The van der Waals surface area contributed by atoms with Crippen molar-refractivity contribution in [2.24, 2.45) is 0 Å². The van der Waals surface area contributed by atoms with Crippen molar-refractivity contribution in [2.75, 3.05) is 7.11 Å². The maximum absolute atomic E-state index is 5.93. The van der Waals surface area contributed by atoms with Crippen molar-refractivity contribution in [3.05, 3.63) is 28.4 Å². The molecule has 1 aromatic heterocycles. The quantitative estimate of drug-likeness (QED) is 0.775. The molecule has 0 spiro atoms. The van der Waals surface area contributed by atoms with Gasteiger partial charge in [-0.3, -0.25) is 0 Å². The lowest BCUT2D eigenvalue weighted by atomic mass is 10.2. The highest BCUT2D eigenvalue weighted by Gasteiger charge is 2.07. The fourth-order valence-corrected chi connectivity index (χ4v) is 1.71. The molecule has 1 heterocycles. The van der Waals surface area contributed by atoms with Gasteiger partial charge in [0, 0.05) is 22.7 Å². The molecule has 2 rings (SSSR count).